The minimum Gasteiger partial charge on any atom is -0.319 e. The van der Waals surface area contributed by atoms with Gasteiger partial charge in [-0.3, -0.25) is 0 Å². The van der Waals surface area contributed by atoms with Crippen LogP contribution in [0, 0.1) is 0 Å². The molecule has 18 heavy (non-hydrogen) atoms. The molecule has 90 valence electrons. The summed E-state index contributed by atoms with van der Waals surface area (Å²) in [6.07, 6.45) is 1.72. The summed E-state index contributed by atoms with van der Waals surface area (Å²) >= 11 is 1.63. The van der Waals surface area contributed by atoms with Crippen LogP contribution in [0.25, 0.3) is 5.69 Å². The Hall–Kier alpha value is -1.98. The van der Waals surface area contributed by atoms with Gasteiger partial charge in [0.25, 0.3) is 0 Å². The Kier molecular flexibility index (Phi) is 2.92. The molecule has 1 unspecified atom stereocenters. The highest BCUT2D eigenvalue weighted by Crippen LogP contribution is 2.19. The van der Waals surface area contributed by atoms with Gasteiger partial charge in [0.2, 0.25) is 0 Å². The van der Waals surface area contributed by atoms with Gasteiger partial charge in [0.1, 0.15) is 5.69 Å². The minimum atomic E-state index is -0.214. The Morgan fingerprint density at radius 3 is 2.72 bits per heavy atom. The van der Waals surface area contributed by atoms with Crippen LogP contribution < -0.4 is 5.73 Å². The van der Waals surface area contributed by atoms with Gasteiger partial charge in [0, 0.05) is 0 Å². The Bertz CT molecular complexity index is 616. The summed E-state index contributed by atoms with van der Waals surface area (Å²) in [5.74, 6) is 0. The van der Waals surface area contributed by atoms with Crippen LogP contribution in [0.2, 0.25) is 0 Å². The van der Waals surface area contributed by atoms with E-state index in [0.717, 1.165) is 16.9 Å². The fraction of sp³-hybridized carbons (Fsp3) is 0.0769. The molecular weight excluding hydrogens is 244 g/mol. The second-order valence-electron chi connectivity index (χ2n) is 3.93. The quantitative estimate of drug-likeness (QED) is 0.782. The van der Waals surface area contributed by atoms with Crippen LogP contribution in [0.4, 0.5) is 0 Å². The summed E-state index contributed by atoms with van der Waals surface area (Å²) in [6.45, 7) is 0. The average Bonchev–Trinajstić information content (AvgIpc) is 3.10. The Balaban J connectivity index is 1.90. The van der Waals surface area contributed by atoms with Crippen LogP contribution in [0.15, 0.2) is 53.4 Å². The lowest BCUT2D eigenvalue weighted by Gasteiger charge is -2.04. The normalized spacial score (nSPS) is 12.5. The number of rotatable bonds is 3. The molecule has 0 saturated heterocycles. The predicted octanol–water partition coefficient (Wildman–Crippen LogP) is 2.38. The number of thiophene rings is 1. The van der Waals surface area contributed by atoms with E-state index in [1.54, 1.807) is 22.3 Å². The topological polar surface area (TPSA) is 56.7 Å². The number of benzene rings is 1. The number of hydrogen-bond acceptors (Lipinski definition) is 4. The monoisotopic (exact) mass is 256 g/mol. The van der Waals surface area contributed by atoms with Gasteiger partial charge < -0.3 is 5.73 Å². The molecule has 3 rings (SSSR count). The molecule has 1 aromatic carbocycles. The van der Waals surface area contributed by atoms with Crippen molar-refractivity contribution in [1.29, 1.82) is 0 Å². The molecule has 5 heteroatoms. The highest BCUT2D eigenvalue weighted by molar-refractivity contribution is 7.08. The highest BCUT2D eigenvalue weighted by atomic mass is 32.1. The summed E-state index contributed by atoms with van der Waals surface area (Å²) in [7, 11) is 0. The number of nitrogens with two attached hydrogens (primary N) is 1. The van der Waals surface area contributed by atoms with Crippen LogP contribution in [-0.2, 0) is 0 Å². The zero-order valence-corrected chi connectivity index (χ0v) is 10.4. The number of para-hydroxylation sites is 1. The molecule has 0 amide bonds. The zero-order valence-electron chi connectivity index (χ0n) is 9.60. The van der Waals surface area contributed by atoms with Crippen LogP contribution in [0.3, 0.4) is 0 Å². The van der Waals surface area contributed by atoms with Gasteiger partial charge in [-0.1, -0.05) is 18.2 Å². The van der Waals surface area contributed by atoms with E-state index in [1.165, 1.54) is 0 Å². The van der Waals surface area contributed by atoms with Gasteiger partial charge >= 0.3 is 0 Å². The molecule has 4 nitrogen and oxygen atoms in total. The molecule has 0 radical (unpaired) electrons. The molecule has 2 heterocycles. The molecular formula is C13H12N4S. The van der Waals surface area contributed by atoms with Crippen molar-refractivity contribution in [2.24, 2.45) is 5.73 Å². The van der Waals surface area contributed by atoms with Crippen molar-refractivity contribution in [3.05, 3.63) is 64.6 Å². The molecule has 2 N–H and O–H groups in total. The van der Waals surface area contributed by atoms with Crippen molar-refractivity contribution in [2.75, 3.05) is 0 Å². The van der Waals surface area contributed by atoms with E-state index >= 15 is 0 Å². The van der Waals surface area contributed by atoms with Gasteiger partial charge in [-0.2, -0.15) is 26.3 Å². The minimum absolute atomic E-state index is 0.214. The van der Waals surface area contributed by atoms with Gasteiger partial charge in [-0.05, 0) is 34.5 Å². The fourth-order valence-corrected chi connectivity index (χ4v) is 2.42. The first kappa shape index (κ1) is 11.1. The van der Waals surface area contributed by atoms with E-state index in [4.69, 9.17) is 5.73 Å². The SMILES string of the molecule is NC(c1ccsc1)c1cnn(-c2ccccc2)n1. The Morgan fingerprint density at radius 2 is 2.00 bits per heavy atom. The first-order valence-electron chi connectivity index (χ1n) is 5.60. The molecule has 1 atom stereocenters. The Morgan fingerprint density at radius 1 is 1.17 bits per heavy atom. The second kappa shape index (κ2) is 4.72. The summed E-state index contributed by atoms with van der Waals surface area (Å²) in [6, 6.07) is 11.6. The molecule has 0 aliphatic carbocycles. The van der Waals surface area contributed by atoms with Gasteiger partial charge in [0.05, 0.1) is 17.9 Å². The lowest BCUT2D eigenvalue weighted by Crippen LogP contribution is -2.12. The van der Waals surface area contributed by atoms with Crippen molar-refractivity contribution in [3.63, 3.8) is 0 Å². The van der Waals surface area contributed by atoms with E-state index in [9.17, 15) is 0 Å². The average molecular weight is 256 g/mol. The third-order valence-electron chi connectivity index (χ3n) is 2.72. The number of aromatic nitrogens is 3. The molecule has 0 bridgehead atoms. The van der Waals surface area contributed by atoms with E-state index in [0.29, 0.717) is 0 Å². The van der Waals surface area contributed by atoms with Gasteiger partial charge in [-0.15, -0.1) is 0 Å². The fourth-order valence-electron chi connectivity index (χ4n) is 1.73. The third kappa shape index (κ3) is 2.05. The van der Waals surface area contributed by atoms with Crippen LogP contribution in [0.5, 0.6) is 0 Å². The smallest absolute Gasteiger partial charge is 0.104 e. The van der Waals surface area contributed by atoms with Crippen LogP contribution >= 0.6 is 11.3 Å². The third-order valence-corrected chi connectivity index (χ3v) is 3.42. The molecule has 0 aliphatic heterocycles. The summed E-state index contributed by atoms with van der Waals surface area (Å²) < 4.78 is 0. The maximum atomic E-state index is 6.14. The summed E-state index contributed by atoms with van der Waals surface area (Å²) in [5, 5.41) is 12.7. The van der Waals surface area contributed by atoms with Crippen molar-refractivity contribution < 1.29 is 0 Å². The zero-order chi connectivity index (χ0) is 12.4. The number of nitrogens with zero attached hydrogens (tertiary/aromatic N) is 3. The second-order valence-corrected chi connectivity index (χ2v) is 4.71. The molecule has 0 fully saturated rings. The Labute approximate surface area is 109 Å². The highest BCUT2D eigenvalue weighted by Gasteiger charge is 2.13. The van der Waals surface area contributed by atoms with Crippen molar-refractivity contribution in [1.82, 2.24) is 15.0 Å². The number of hydrogen-bond donors (Lipinski definition) is 1. The maximum Gasteiger partial charge on any atom is 0.104 e. The van der Waals surface area contributed by atoms with Crippen molar-refractivity contribution >= 4 is 11.3 Å². The van der Waals surface area contributed by atoms with Gasteiger partial charge in [0.15, 0.2) is 0 Å². The van der Waals surface area contributed by atoms with Crippen LogP contribution in [0.1, 0.15) is 17.3 Å². The van der Waals surface area contributed by atoms with Gasteiger partial charge in [-0.25, -0.2) is 0 Å². The lowest BCUT2D eigenvalue weighted by atomic mass is 10.1. The van der Waals surface area contributed by atoms with E-state index in [1.807, 2.05) is 47.2 Å². The summed E-state index contributed by atoms with van der Waals surface area (Å²) in [5.41, 5.74) is 8.92. The van der Waals surface area contributed by atoms with Crippen molar-refractivity contribution in [3.8, 4) is 5.69 Å². The predicted molar refractivity (Wildman–Crippen MR) is 71.7 cm³/mol. The lowest BCUT2D eigenvalue weighted by molar-refractivity contribution is 0.720. The molecule has 0 aliphatic rings. The van der Waals surface area contributed by atoms with E-state index in [-0.39, 0.29) is 6.04 Å². The molecule has 0 saturated carbocycles. The first-order valence-corrected chi connectivity index (χ1v) is 6.54. The summed E-state index contributed by atoms with van der Waals surface area (Å²) in [4.78, 5) is 1.60. The van der Waals surface area contributed by atoms with E-state index < -0.39 is 0 Å². The molecule has 0 spiro atoms. The van der Waals surface area contributed by atoms with Crippen LogP contribution in [-0.4, -0.2) is 15.0 Å². The largest absolute Gasteiger partial charge is 0.319 e. The first-order chi connectivity index (χ1) is 8.84. The maximum absolute atomic E-state index is 6.14. The van der Waals surface area contributed by atoms with E-state index in [2.05, 4.69) is 10.2 Å². The molecule has 3 aromatic rings. The van der Waals surface area contributed by atoms with Crippen molar-refractivity contribution in [2.45, 2.75) is 6.04 Å². The molecule has 2 aromatic heterocycles. The standard InChI is InChI=1S/C13H12N4S/c14-13(10-6-7-18-9-10)12-8-15-17(16-12)11-4-2-1-3-5-11/h1-9,13H,14H2.